The molecule has 4 aromatic rings. The highest BCUT2D eigenvalue weighted by Gasteiger charge is 2.26. The Morgan fingerprint density at radius 2 is 1.97 bits per heavy atom. The maximum atomic E-state index is 12.9. The third-order valence-corrected chi connectivity index (χ3v) is 6.42. The van der Waals surface area contributed by atoms with Crippen molar-refractivity contribution in [3.63, 3.8) is 0 Å². The lowest BCUT2D eigenvalue weighted by atomic mass is 10.0. The number of thiocyanates is 1. The van der Waals surface area contributed by atoms with E-state index >= 15 is 0 Å². The number of nitriles is 2. The molecule has 2 aromatic carbocycles. The molecule has 0 aliphatic carbocycles. The summed E-state index contributed by atoms with van der Waals surface area (Å²) in [5.41, 5.74) is 5.95. The number of nitrogens with zero attached hydrogens (tertiary/aromatic N) is 4. The van der Waals surface area contributed by atoms with Crippen molar-refractivity contribution in [1.29, 1.82) is 10.5 Å². The molecule has 33 heavy (non-hydrogen) atoms. The Hall–Kier alpha value is -4.12. The van der Waals surface area contributed by atoms with Gasteiger partial charge in [0.25, 0.3) is 0 Å². The Morgan fingerprint density at radius 3 is 2.67 bits per heavy atom. The zero-order chi connectivity index (χ0) is 23.2. The molecule has 4 rings (SSSR count). The SMILES string of the molecule is CCOC(=O)c1c(NN=C(C#N)c2nc3ccccc3[nH]2)sc(SC#N)c1-c1ccccc1. The van der Waals surface area contributed by atoms with E-state index in [1.807, 2.05) is 60.7 Å². The molecular formula is C23H16N6O2S2. The number of hydrogen-bond donors (Lipinski definition) is 2. The van der Waals surface area contributed by atoms with Crippen LogP contribution >= 0.6 is 23.1 Å². The largest absolute Gasteiger partial charge is 0.462 e. The first-order chi connectivity index (χ1) is 16.2. The number of rotatable bonds is 7. The Balaban J connectivity index is 1.80. The van der Waals surface area contributed by atoms with Crippen LogP contribution in [0.25, 0.3) is 22.2 Å². The van der Waals surface area contributed by atoms with Gasteiger partial charge in [0.1, 0.15) is 22.0 Å². The van der Waals surface area contributed by atoms with Crippen LogP contribution in [0.1, 0.15) is 23.1 Å². The number of aromatic amines is 1. The number of aromatic nitrogens is 2. The number of H-pyrrole nitrogens is 1. The highest BCUT2D eigenvalue weighted by atomic mass is 32.2. The van der Waals surface area contributed by atoms with Gasteiger partial charge in [-0.25, -0.2) is 9.78 Å². The van der Waals surface area contributed by atoms with Crippen molar-refractivity contribution in [2.45, 2.75) is 11.1 Å². The normalized spacial score (nSPS) is 11.1. The molecule has 0 saturated carbocycles. The number of fused-ring (bicyclic) bond motifs is 1. The third kappa shape index (κ3) is 4.58. The molecule has 0 fully saturated rings. The van der Waals surface area contributed by atoms with E-state index in [9.17, 15) is 15.3 Å². The van der Waals surface area contributed by atoms with Crippen LogP contribution in [0.3, 0.4) is 0 Å². The smallest absolute Gasteiger partial charge is 0.341 e. The van der Waals surface area contributed by atoms with Crippen LogP contribution in [0.2, 0.25) is 0 Å². The first-order valence-electron chi connectivity index (χ1n) is 9.80. The fourth-order valence-electron chi connectivity index (χ4n) is 3.17. The maximum absolute atomic E-state index is 12.9. The van der Waals surface area contributed by atoms with Gasteiger partial charge in [-0.05, 0) is 24.6 Å². The molecule has 0 amide bonds. The van der Waals surface area contributed by atoms with Gasteiger partial charge in [-0.3, -0.25) is 5.43 Å². The molecule has 0 aliphatic rings. The number of carbonyl (C=O) groups is 1. The van der Waals surface area contributed by atoms with Gasteiger partial charge in [-0.2, -0.15) is 15.6 Å². The predicted octanol–water partition coefficient (Wildman–Crippen LogP) is 5.38. The summed E-state index contributed by atoms with van der Waals surface area (Å²) in [6.45, 7) is 1.91. The van der Waals surface area contributed by atoms with E-state index in [-0.39, 0.29) is 17.9 Å². The number of imidazole rings is 1. The van der Waals surface area contributed by atoms with Gasteiger partial charge in [0.15, 0.2) is 5.82 Å². The number of ether oxygens (including phenoxy) is 1. The van der Waals surface area contributed by atoms with Gasteiger partial charge in [0.05, 0.1) is 21.8 Å². The molecule has 0 spiro atoms. The number of thiophene rings is 1. The average Bonchev–Trinajstić information content (AvgIpc) is 3.42. The molecule has 0 unspecified atom stereocenters. The number of thioether (sulfide) groups is 1. The van der Waals surface area contributed by atoms with Gasteiger partial charge >= 0.3 is 5.97 Å². The highest BCUT2D eigenvalue weighted by Crippen LogP contribution is 2.45. The Bertz CT molecular complexity index is 1390. The van der Waals surface area contributed by atoms with Crippen LogP contribution in [-0.4, -0.2) is 28.3 Å². The molecule has 0 atom stereocenters. The minimum Gasteiger partial charge on any atom is -0.462 e. The van der Waals surface area contributed by atoms with Gasteiger partial charge < -0.3 is 9.72 Å². The molecule has 2 heterocycles. The molecule has 0 bridgehead atoms. The van der Waals surface area contributed by atoms with Crippen molar-refractivity contribution >= 4 is 50.8 Å². The molecule has 0 aliphatic heterocycles. The zero-order valence-corrected chi connectivity index (χ0v) is 19.0. The van der Waals surface area contributed by atoms with E-state index < -0.39 is 5.97 Å². The number of benzene rings is 2. The molecule has 162 valence electrons. The van der Waals surface area contributed by atoms with E-state index in [4.69, 9.17) is 4.74 Å². The second-order valence-corrected chi connectivity index (χ2v) is 8.61. The summed E-state index contributed by atoms with van der Waals surface area (Å²) < 4.78 is 5.90. The highest BCUT2D eigenvalue weighted by molar-refractivity contribution is 8.05. The molecule has 8 nitrogen and oxygen atoms in total. The summed E-state index contributed by atoms with van der Waals surface area (Å²) in [5.74, 6) is -0.243. The fraction of sp³-hybridized carbons (Fsp3) is 0.0870. The number of para-hydroxylation sites is 2. The Kier molecular flexibility index (Phi) is 6.69. The van der Waals surface area contributed by atoms with E-state index in [2.05, 4.69) is 25.9 Å². The number of esters is 1. The number of nitrogens with one attached hydrogen (secondary N) is 2. The van der Waals surface area contributed by atoms with Crippen molar-refractivity contribution in [2.24, 2.45) is 5.10 Å². The molecule has 2 aromatic heterocycles. The van der Waals surface area contributed by atoms with Crippen molar-refractivity contribution in [3.05, 3.63) is 66.0 Å². The first kappa shape index (κ1) is 22.1. The number of hydrogen-bond acceptors (Lipinski definition) is 9. The fourth-order valence-corrected chi connectivity index (χ4v) is 4.99. The molecule has 10 heteroatoms. The molecule has 2 N–H and O–H groups in total. The Morgan fingerprint density at radius 1 is 1.21 bits per heavy atom. The van der Waals surface area contributed by atoms with Crippen LogP contribution in [0, 0.1) is 22.0 Å². The van der Waals surface area contributed by atoms with E-state index in [1.54, 1.807) is 6.92 Å². The number of anilines is 1. The van der Waals surface area contributed by atoms with Crippen LogP contribution < -0.4 is 5.43 Å². The second-order valence-electron chi connectivity index (χ2n) is 6.54. The summed E-state index contributed by atoms with van der Waals surface area (Å²) >= 11 is 2.14. The molecule has 0 radical (unpaired) electrons. The second kappa shape index (κ2) is 10.0. The standard InChI is InChI=1S/C23H16N6O2S2/c1-2-31-22(30)19-18(14-8-4-3-5-9-14)23(32-13-25)33-21(19)29-28-17(12-24)20-26-15-10-6-7-11-16(15)27-20/h3-11,29H,2H2,1H3,(H,26,27). The van der Waals surface area contributed by atoms with Gasteiger partial charge in [0.2, 0.25) is 5.71 Å². The van der Waals surface area contributed by atoms with Crippen LogP contribution in [0.15, 0.2) is 63.9 Å². The summed E-state index contributed by atoms with van der Waals surface area (Å²) in [6, 6.07) is 18.7. The molecule has 0 saturated heterocycles. The van der Waals surface area contributed by atoms with Crippen molar-refractivity contribution in [2.75, 3.05) is 12.0 Å². The van der Waals surface area contributed by atoms with Gasteiger partial charge in [-0.1, -0.05) is 42.5 Å². The van der Waals surface area contributed by atoms with Crippen LogP contribution in [-0.2, 0) is 4.74 Å². The predicted molar refractivity (Wildman–Crippen MR) is 129 cm³/mol. The summed E-state index contributed by atoms with van der Waals surface area (Å²) in [5, 5.41) is 25.6. The number of hydrazone groups is 1. The van der Waals surface area contributed by atoms with Gasteiger partial charge in [0, 0.05) is 17.3 Å². The minimum atomic E-state index is -0.544. The zero-order valence-electron chi connectivity index (χ0n) is 17.3. The molecular weight excluding hydrogens is 456 g/mol. The lowest BCUT2D eigenvalue weighted by Crippen LogP contribution is -2.09. The lowest BCUT2D eigenvalue weighted by molar-refractivity contribution is 0.0528. The van der Waals surface area contributed by atoms with E-state index in [0.29, 0.717) is 26.1 Å². The van der Waals surface area contributed by atoms with Crippen molar-refractivity contribution < 1.29 is 9.53 Å². The topological polar surface area (TPSA) is 127 Å². The third-order valence-electron chi connectivity index (χ3n) is 4.55. The summed E-state index contributed by atoms with van der Waals surface area (Å²) in [7, 11) is 0. The lowest BCUT2D eigenvalue weighted by Gasteiger charge is -2.08. The van der Waals surface area contributed by atoms with Crippen LogP contribution in [0.4, 0.5) is 5.00 Å². The van der Waals surface area contributed by atoms with E-state index in [0.717, 1.165) is 22.8 Å². The maximum Gasteiger partial charge on any atom is 0.341 e. The van der Waals surface area contributed by atoms with Crippen LogP contribution in [0.5, 0.6) is 0 Å². The number of carbonyl (C=O) groups excluding carboxylic acids is 1. The van der Waals surface area contributed by atoms with Gasteiger partial charge in [-0.15, -0.1) is 11.3 Å². The quantitative estimate of drug-likeness (QED) is 0.121. The average molecular weight is 473 g/mol. The minimum absolute atomic E-state index is 0.0187. The Labute approximate surface area is 197 Å². The van der Waals surface area contributed by atoms with Crippen molar-refractivity contribution in [3.8, 4) is 22.6 Å². The first-order valence-corrected chi connectivity index (χ1v) is 11.4. The van der Waals surface area contributed by atoms with Crippen molar-refractivity contribution in [1.82, 2.24) is 9.97 Å². The van der Waals surface area contributed by atoms with E-state index in [1.165, 1.54) is 11.3 Å². The monoisotopic (exact) mass is 472 g/mol. The summed E-state index contributed by atoms with van der Waals surface area (Å²) in [4.78, 5) is 20.4. The summed E-state index contributed by atoms with van der Waals surface area (Å²) in [6.07, 6.45) is 0.